The van der Waals surface area contributed by atoms with Crippen LogP contribution < -0.4 is 5.32 Å². The minimum atomic E-state index is -0.828. The van der Waals surface area contributed by atoms with Gasteiger partial charge in [0.05, 0.1) is 4.92 Å². The molecule has 0 radical (unpaired) electrons. The largest absolute Gasteiger partial charge is 0.378 e. The Kier molecular flexibility index (Phi) is 4.04. The van der Waals surface area contributed by atoms with Gasteiger partial charge in [-0.05, 0) is 38.5 Å². The number of halogens is 1. The first kappa shape index (κ1) is 14.5. The lowest BCUT2D eigenvalue weighted by molar-refractivity contribution is -0.387. The monoisotopic (exact) mass is 294 g/mol. The van der Waals surface area contributed by atoms with E-state index in [1.807, 2.05) is 20.8 Å². The Morgan fingerprint density at radius 1 is 1.35 bits per heavy atom. The molecule has 0 amide bonds. The fraction of sp³-hybridized carbons (Fsp3) is 0.286. The van der Waals surface area contributed by atoms with Crippen LogP contribution in [-0.4, -0.2) is 4.92 Å². The molecule has 0 fully saturated rings. The number of aryl methyl sites for hydroxylation is 2. The number of hydrogen-bond donors (Lipinski definition) is 1. The van der Waals surface area contributed by atoms with Crippen molar-refractivity contribution in [3.05, 3.63) is 55.5 Å². The lowest BCUT2D eigenvalue weighted by atomic mass is 10.1. The van der Waals surface area contributed by atoms with E-state index in [-0.39, 0.29) is 6.04 Å². The molecule has 4 nitrogen and oxygen atoms in total. The predicted molar refractivity (Wildman–Crippen MR) is 78.9 cm³/mol. The standard InChI is InChI=1S/C14H15FN2O2S/c1-8-6-12(10(3)20-8)9(2)16-11-4-5-14(17(18)19)13(15)7-11/h4-7,9,16H,1-3H3. The van der Waals surface area contributed by atoms with Crippen LogP contribution in [0.1, 0.15) is 28.3 Å². The van der Waals surface area contributed by atoms with E-state index in [0.717, 1.165) is 11.6 Å². The fourth-order valence-corrected chi connectivity index (χ4v) is 3.18. The number of benzene rings is 1. The zero-order valence-corrected chi connectivity index (χ0v) is 12.3. The summed E-state index contributed by atoms with van der Waals surface area (Å²) in [4.78, 5) is 12.3. The van der Waals surface area contributed by atoms with Crippen molar-refractivity contribution in [1.29, 1.82) is 0 Å². The molecule has 6 heteroatoms. The molecule has 2 aromatic rings. The molecule has 1 N–H and O–H groups in total. The van der Waals surface area contributed by atoms with Crippen molar-refractivity contribution in [2.24, 2.45) is 0 Å². The van der Waals surface area contributed by atoms with Gasteiger partial charge in [-0.15, -0.1) is 11.3 Å². The molecule has 1 aromatic carbocycles. The Bertz CT molecular complexity index is 655. The van der Waals surface area contributed by atoms with Gasteiger partial charge in [-0.2, -0.15) is 4.39 Å². The number of nitrogens with one attached hydrogen (secondary N) is 1. The molecule has 0 saturated heterocycles. The highest BCUT2D eigenvalue weighted by Crippen LogP contribution is 2.29. The molecule has 0 spiro atoms. The maximum atomic E-state index is 13.6. The molecule has 1 unspecified atom stereocenters. The molecule has 0 saturated carbocycles. The molecule has 106 valence electrons. The summed E-state index contributed by atoms with van der Waals surface area (Å²) in [7, 11) is 0. The molecule has 1 heterocycles. The summed E-state index contributed by atoms with van der Waals surface area (Å²) in [6.07, 6.45) is 0. The molecule has 0 aliphatic carbocycles. The Morgan fingerprint density at radius 2 is 2.05 bits per heavy atom. The maximum absolute atomic E-state index is 13.6. The quantitative estimate of drug-likeness (QED) is 0.663. The highest BCUT2D eigenvalue weighted by atomic mass is 32.1. The predicted octanol–water partition coefficient (Wildman–Crippen LogP) is 4.59. The number of hydrogen-bond acceptors (Lipinski definition) is 4. The topological polar surface area (TPSA) is 55.2 Å². The van der Waals surface area contributed by atoms with E-state index < -0.39 is 16.4 Å². The van der Waals surface area contributed by atoms with Gasteiger partial charge in [-0.3, -0.25) is 10.1 Å². The third-order valence-electron chi connectivity index (χ3n) is 3.07. The molecule has 1 atom stereocenters. The average Bonchev–Trinajstić information content (AvgIpc) is 2.68. The molecular weight excluding hydrogens is 279 g/mol. The van der Waals surface area contributed by atoms with Gasteiger partial charge in [-0.1, -0.05) is 0 Å². The summed E-state index contributed by atoms with van der Waals surface area (Å²) in [5.74, 6) is -0.828. The van der Waals surface area contributed by atoms with E-state index in [4.69, 9.17) is 0 Å². The summed E-state index contributed by atoms with van der Waals surface area (Å²) >= 11 is 1.71. The van der Waals surface area contributed by atoms with E-state index >= 15 is 0 Å². The fourth-order valence-electron chi connectivity index (χ4n) is 2.15. The minimum absolute atomic E-state index is 0.0146. The first-order valence-corrected chi connectivity index (χ1v) is 6.97. The second kappa shape index (κ2) is 5.58. The van der Waals surface area contributed by atoms with Crippen molar-refractivity contribution in [3.63, 3.8) is 0 Å². The van der Waals surface area contributed by atoms with Crippen LogP contribution in [0, 0.1) is 29.8 Å². The summed E-state index contributed by atoms with van der Waals surface area (Å²) in [5.41, 5.74) is 1.18. The summed E-state index contributed by atoms with van der Waals surface area (Å²) in [6.45, 7) is 6.06. The van der Waals surface area contributed by atoms with Crippen LogP contribution in [0.15, 0.2) is 24.3 Å². The van der Waals surface area contributed by atoms with Crippen molar-refractivity contribution in [1.82, 2.24) is 0 Å². The Labute approximate surface area is 120 Å². The zero-order chi connectivity index (χ0) is 14.9. The second-order valence-electron chi connectivity index (χ2n) is 4.66. The van der Waals surface area contributed by atoms with Crippen molar-refractivity contribution in [3.8, 4) is 0 Å². The van der Waals surface area contributed by atoms with Crippen LogP contribution in [-0.2, 0) is 0 Å². The highest BCUT2D eigenvalue weighted by Gasteiger charge is 2.16. The van der Waals surface area contributed by atoms with Crippen molar-refractivity contribution >= 4 is 22.7 Å². The molecular formula is C14H15FN2O2S. The normalized spacial score (nSPS) is 12.2. The van der Waals surface area contributed by atoms with Crippen LogP contribution in [0.2, 0.25) is 0 Å². The van der Waals surface area contributed by atoms with Gasteiger partial charge >= 0.3 is 5.69 Å². The van der Waals surface area contributed by atoms with Crippen molar-refractivity contribution in [2.75, 3.05) is 5.32 Å². The highest BCUT2D eigenvalue weighted by molar-refractivity contribution is 7.12. The zero-order valence-electron chi connectivity index (χ0n) is 11.4. The SMILES string of the molecule is Cc1cc(C(C)Nc2ccc([N+](=O)[O-])c(F)c2)c(C)s1. The van der Waals surface area contributed by atoms with E-state index in [0.29, 0.717) is 5.69 Å². The smallest absolute Gasteiger partial charge is 0.304 e. The number of rotatable bonds is 4. The van der Waals surface area contributed by atoms with Gasteiger partial charge in [0, 0.05) is 33.6 Å². The first-order chi connectivity index (χ1) is 9.38. The number of anilines is 1. The van der Waals surface area contributed by atoms with E-state index in [2.05, 4.69) is 11.4 Å². The van der Waals surface area contributed by atoms with Crippen molar-refractivity contribution < 1.29 is 9.31 Å². The summed E-state index contributed by atoms with van der Waals surface area (Å²) < 4.78 is 13.6. The van der Waals surface area contributed by atoms with Gasteiger partial charge < -0.3 is 5.32 Å². The van der Waals surface area contributed by atoms with Crippen LogP contribution in [0.4, 0.5) is 15.8 Å². The van der Waals surface area contributed by atoms with Crippen molar-refractivity contribution in [2.45, 2.75) is 26.8 Å². The van der Waals surface area contributed by atoms with Crippen LogP contribution in [0.3, 0.4) is 0 Å². The molecule has 20 heavy (non-hydrogen) atoms. The van der Waals surface area contributed by atoms with Gasteiger partial charge in [0.15, 0.2) is 0 Å². The van der Waals surface area contributed by atoms with Gasteiger partial charge in [0.2, 0.25) is 5.82 Å². The molecule has 0 aliphatic rings. The lowest BCUT2D eigenvalue weighted by Gasteiger charge is -2.15. The third-order valence-corrected chi connectivity index (χ3v) is 4.06. The van der Waals surface area contributed by atoms with Gasteiger partial charge in [-0.25, -0.2) is 0 Å². The second-order valence-corrected chi connectivity index (χ2v) is 6.12. The van der Waals surface area contributed by atoms with Gasteiger partial charge in [0.1, 0.15) is 0 Å². The third kappa shape index (κ3) is 2.96. The Hall–Kier alpha value is -1.95. The Balaban J connectivity index is 2.20. The number of nitro groups is 1. The Morgan fingerprint density at radius 3 is 2.55 bits per heavy atom. The number of nitro benzene ring substituents is 1. The van der Waals surface area contributed by atoms with Crippen LogP contribution in [0.25, 0.3) is 0 Å². The van der Waals surface area contributed by atoms with Crippen LogP contribution >= 0.6 is 11.3 Å². The molecule has 1 aromatic heterocycles. The molecule has 0 aliphatic heterocycles. The van der Waals surface area contributed by atoms with E-state index in [1.54, 1.807) is 11.3 Å². The average molecular weight is 294 g/mol. The summed E-state index contributed by atoms with van der Waals surface area (Å²) in [5, 5.41) is 13.7. The summed E-state index contributed by atoms with van der Waals surface area (Å²) in [6, 6.07) is 5.96. The van der Waals surface area contributed by atoms with Gasteiger partial charge in [0.25, 0.3) is 0 Å². The van der Waals surface area contributed by atoms with E-state index in [9.17, 15) is 14.5 Å². The molecule has 0 bridgehead atoms. The first-order valence-electron chi connectivity index (χ1n) is 6.16. The number of thiophene rings is 1. The van der Waals surface area contributed by atoms with E-state index in [1.165, 1.54) is 21.9 Å². The number of nitrogens with zero attached hydrogens (tertiary/aromatic N) is 1. The lowest BCUT2D eigenvalue weighted by Crippen LogP contribution is -2.07. The molecule has 2 rings (SSSR count). The minimum Gasteiger partial charge on any atom is -0.378 e. The van der Waals surface area contributed by atoms with Crippen LogP contribution in [0.5, 0.6) is 0 Å². The maximum Gasteiger partial charge on any atom is 0.304 e.